The molecule has 1 aliphatic heterocycles. The Kier molecular flexibility index (Phi) is 7.45. The summed E-state index contributed by atoms with van der Waals surface area (Å²) in [5.41, 5.74) is 3.38. The maximum atomic E-state index is 13.8. The van der Waals surface area contributed by atoms with Crippen molar-refractivity contribution in [3.63, 3.8) is 0 Å². The Morgan fingerprint density at radius 1 is 1.14 bits per heavy atom. The minimum atomic E-state index is -0.643. The number of thiazole rings is 1. The van der Waals surface area contributed by atoms with Gasteiger partial charge in [-0.05, 0) is 55.2 Å². The van der Waals surface area contributed by atoms with Crippen LogP contribution in [-0.2, 0) is 9.53 Å². The largest absolute Gasteiger partial charge is 0.497 e. The van der Waals surface area contributed by atoms with Crippen LogP contribution in [0.15, 0.2) is 63.5 Å². The number of methoxy groups -OCH3 is 2. The summed E-state index contributed by atoms with van der Waals surface area (Å²) in [5, 5.41) is 0. The molecule has 4 rings (SSSR count). The van der Waals surface area contributed by atoms with Crippen molar-refractivity contribution in [1.82, 2.24) is 4.57 Å². The number of carbonyl (C=O) groups is 1. The second-order valence-corrected chi connectivity index (χ2v) is 9.74. The lowest BCUT2D eigenvalue weighted by Gasteiger charge is -2.25. The van der Waals surface area contributed by atoms with E-state index in [4.69, 9.17) is 14.2 Å². The van der Waals surface area contributed by atoms with Crippen molar-refractivity contribution < 1.29 is 19.0 Å². The number of fused-ring (bicyclic) bond motifs is 1. The zero-order valence-corrected chi connectivity index (χ0v) is 22.1. The van der Waals surface area contributed by atoms with Gasteiger partial charge >= 0.3 is 5.97 Å². The van der Waals surface area contributed by atoms with Crippen LogP contribution in [0.4, 0.5) is 0 Å². The predicted octanol–water partition coefficient (Wildman–Crippen LogP) is 3.94. The summed E-state index contributed by atoms with van der Waals surface area (Å²) in [6.07, 6.45) is 1.77. The van der Waals surface area contributed by atoms with Gasteiger partial charge in [-0.15, -0.1) is 0 Å². The van der Waals surface area contributed by atoms with E-state index in [1.54, 1.807) is 50.8 Å². The molecule has 1 atom stereocenters. The van der Waals surface area contributed by atoms with Gasteiger partial charge in [0.25, 0.3) is 5.56 Å². The Balaban J connectivity index is 1.95. The maximum Gasteiger partial charge on any atom is 0.338 e. The fourth-order valence-electron chi connectivity index (χ4n) is 4.26. The second kappa shape index (κ2) is 10.5. The molecule has 1 aliphatic rings. The SMILES string of the molecule is CCOC(=O)C1=C(C)N=c2s/c(=C\c3cc(OC)ccc3OC)c(=O)n2[C@H]1c1ccc(C(C)C)cc1. The molecule has 0 unspecified atom stereocenters. The molecular weight excluding hydrogens is 476 g/mol. The normalized spacial score (nSPS) is 15.5. The van der Waals surface area contributed by atoms with Crippen LogP contribution in [0, 0.1) is 0 Å². The highest BCUT2D eigenvalue weighted by Crippen LogP contribution is 2.31. The molecule has 0 saturated carbocycles. The average Bonchev–Trinajstić information content (AvgIpc) is 3.17. The van der Waals surface area contributed by atoms with E-state index < -0.39 is 12.0 Å². The van der Waals surface area contributed by atoms with Crippen LogP contribution in [0.1, 0.15) is 56.3 Å². The first-order valence-electron chi connectivity index (χ1n) is 11.8. The van der Waals surface area contributed by atoms with Crippen LogP contribution < -0.4 is 24.4 Å². The van der Waals surface area contributed by atoms with Crippen LogP contribution >= 0.6 is 11.3 Å². The van der Waals surface area contributed by atoms with Gasteiger partial charge in [-0.1, -0.05) is 49.4 Å². The number of ether oxygens (including phenoxy) is 3. The van der Waals surface area contributed by atoms with Crippen LogP contribution in [0.3, 0.4) is 0 Å². The van der Waals surface area contributed by atoms with Crippen LogP contribution in [-0.4, -0.2) is 31.4 Å². The summed E-state index contributed by atoms with van der Waals surface area (Å²) in [7, 11) is 3.17. The molecular formula is C28H30N2O5S. The fraction of sp³-hybridized carbons (Fsp3) is 0.321. The monoisotopic (exact) mass is 506 g/mol. The molecule has 3 aromatic rings. The van der Waals surface area contributed by atoms with E-state index in [9.17, 15) is 9.59 Å². The fourth-order valence-corrected chi connectivity index (χ4v) is 5.30. The zero-order chi connectivity index (χ0) is 26.0. The van der Waals surface area contributed by atoms with Gasteiger partial charge in [-0.2, -0.15) is 0 Å². The zero-order valence-electron chi connectivity index (χ0n) is 21.3. The molecule has 188 valence electrons. The Labute approximate surface area is 214 Å². The first kappa shape index (κ1) is 25.4. The Hall–Kier alpha value is -3.65. The molecule has 0 bridgehead atoms. The highest BCUT2D eigenvalue weighted by molar-refractivity contribution is 7.07. The lowest BCUT2D eigenvalue weighted by molar-refractivity contribution is -0.139. The summed E-state index contributed by atoms with van der Waals surface area (Å²) in [6.45, 7) is 8.02. The minimum absolute atomic E-state index is 0.231. The third kappa shape index (κ3) is 4.73. The lowest BCUT2D eigenvalue weighted by Crippen LogP contribution is -2.39. The van der Waals surface area contributed by atoms with E-state index in [2.05, 4.69) is 18.8 Å². The molecule has 0 radical (unpaired) electrons. The third-order valence-electron chi connectivity index (χ3n) is 6.16. The van der Waals surface area contributed by atoms with Gasteiger partial charge in [0, 0.05) is 5.56 Å². The molecule has 36 heavy (non-hydrogen) atoms. The summed E-state index contributed by atoms with van der Waals surface area (Å²) >= 11 is 1.27. The third-order valence-corrected chi connectivity index (χ3v) is 7.14. The Bertz CT molecular complexity index is 1500. The number of aromatic nitrogens is 1. The highest BCUT2D eigenvalue weighted by Gasteiger charge is 2.33. The van der Waals surface area contributed by atoms with Gasteiger partial charge in [-0.25, -0.2) is 9.79 Å². The van der Waals surface area contributed by atoms with E-state index in [-0.39, 0.29) is 12.2 Å². The van der Waals surface area contributed by atoms with Crippen molar-refractivity contribution >= 4 is 23.4 Å². The molecule has 1 aromatic heterocycles. The topological polar surface area (TPSA) is 79.1 Å². The van der Waals surface area contributed by atoms with Crippen molar-refractivity contribution in [2.75, 3.05) is 20.8 Å². The molecule has 0 amide bonds. The van der Waals surface area contributed by atoms with Gasteiger partial charge in [0.05, 0.1) is 42.7 Å². The van der Waals surface area contributed by atoms with Crippen molar-refractivity contribution in [2.24, 2.45) is 4.99 Å². The van der Waals surface area contributed by atoms with Gasteiger partial charge in [0.15, 0.2) is 4.80 Å². The van der Waals surface area contributed by atoms with Gasteiger partial charge in [0.1, 0.15) is 11.5 Å². The van der Waals surface area contributed by atoms with Gasteiger partial charge in [-0.3, -0.25) is 9.36 Å². The van der Waals surface area contributed by atoms with Crippen molar-refractivity contribution in [1.29, 1.82) is 0 Å². The number of rotatable bonds is 7. The van der Waals surface area contributed by atoms with E-state index >= 15 is 0 Å². The number of nitrogens with zero attached hydrogens (tertiary/aromatic N) is 2. The van der Waals surface area contributed by atoms with Crippen molar-refractivity contribution in [2.45, 2.75) is 39.7 Å². The maximum absolute atomic E-state index is 13.8. The molecule has 0 fully saturated rings. The summed E-state index contributed by atoms with van der Waals surface area (Å²) < 4.78 is 18.3. The Morgan fingerprint density at radius 2 is 1.86 bits per heavy atom. The first-order valence-corrected chi connectivity index (χ1v) is 12.6. The number of esters is 1. The molecule has 0 spiro atoms. The van der Waals surface area contributed by atoms with E-state index in [1.165, 1.54) is 16.9 Å². The minimum Gasteiger partial charge on any atom is -0.497 e. The number of carbonyl (C=O) groups excluding carboxylic acids is 1. The van der Waals surface area contributed by atoms with Crippen LogP contribution in [0.2, 0.25) is 0 Å². The standard InChI is InChI=1S/C28H30N2O5S/c1-7-35-27(32)24-17(4)29-28-30(25(24)19-10-8-18(9-11-19)16(2)3)26(31)23(36-28)15-20-14-21(33-5)12-13-22(20)34-6/h8-16,25H,7H2,1-6H3/b23-15-/t25-/m0/s1. The summed E-state index contributed by atoms with van der Waals surface area (Å²) in [4.78, 5) is 32.0. The Morgan fingerprint density at radius 3 is 2.47 bits per heavy atom. The summed E-state index contributed by atoms with van der Waals surface area (Å²) in [6, 6.07) is 12.8. The van der Waals surface area contributed by atoms with E-state index in [1.807, 2.05) is 30.3 Å². The van der Waals surface area contributed by atoms with Crippen molar-refractivity contribution in [3.8, 4) is 11.5 Å². The molecule has 0 saturated heterocycles. The smallest absolute Gasteiger partial charge is 0.338 e. The second-order valence-electron chi connectivity index (χ2n) is 8.73. The number of allylic oxidation sites excluding steroid dienone is 1. The van der Waals surface area contributed by atoms with Crippen LogP contribution in [0.5, 0.6) is 11.5 Å². The number of hydrogen-bond donors (Lipinski definition) is 0. The molecule has 7 nitrogen and oxygen atoms in total. The molecule has 0 N–H and O–H groups in total. The highest BCUT2D eigenvalue weighted by atomic mass is 32.1. The van der Waals surface area contributed by atoms with Crippen molar-refractivity contribution in [3.05, 3.63) is 90.1 Å². The predicted molar refractivity (Wildman–Crippen MR) is 140 cm³/mol. The first-order chi connectivity index (χ1) is 17.3. The summed E-state index contributed by atoms with van der Waals surface area (Å²) in [5.74, 6) is 1.16. The van der Waals surface area contributed by atoms with E-state index in [0.717, 1.165) is 5.56 Å². The number of benzene rings is 2. The quantitative estimate of drug-likeness (QED) is 0.454. The molecule has 2 aromatic carbocycles. The molecule has 2 heterocycles. The van der Waals surface area contributed by atoms with E-state index in [0.29, 0.717) is 43.6 Å². The van der Waals surface area contributed by atoms with Gasteiger partial charge < -0.3 is 14.2 Å². The number of hydrogen-bond acceptors (Lipinski definition) is 7. The lowest BCUT2D eigenvalue weighted by atomic mass is 9.93. The molecule has 0 aliphatic carbocycles. The molecule has 8 heteroatoms. The van der Waals surface area contributed by atoms with Crippen LogP contribution in [0.25, 0.3) is 6.08 Å². The average molecular weight is 507 g/mol. The van der Waals surface area contributed by atoms with Gasteiger partial charge in [0.2, 0.25) is 0 Å².